The number of rotatable bonds is 13. The average Bonchev–Trinajstić information content (AvgIpc) is 3.22. The van der Waals surface area contributed by atoms with Gasteiger partial charge in [-0.2, -0.15) is 4.31 Å². The Morgan fingerprint density at radius 2 is 1.93 bits per heavy atom. The summed E-state index contributed by atoms with van der Waals surface area (Å²) in [6, 6.07) is 4.50. The fourth-order valence-electron chi connectivity index (χ4n) is 5.25. The molecule has 2 aromatic heterocycles. The zero-order chi connectivity index (χ0) is 29.7. The Hall–Kier alpha value is -3.78. The van der Waals surface area contributed by atoms with E-state index in [0.29, 0.717) is 66.8 Å². The minimum absolute atomic E-state index is 0.0161. The first-order valence-corrected chi connectivity index (χ1v) is 15.2. The van der Waals surface area contributed by atoms with Gasteiger partial charge in [0.25, 0.3) is 10.6 Å². The van der Waals surface area contributed by atoms with Crippen molar-refractivity contribution in [3.05, 3.63) is 55.5 Å². The number of nitrogens with one attached hydrogen (secondary N) is 1. The molecule has 0 saturated carbocycles. The lowest BCUT2D eigenvalue weighted by atomic mass is 9.95. The highest BCUT2D eigenvalue weighted by atomic mass is 32.2. The molecule has 0 bridgehead atoms. The highest BCUT2D eigenvalue weighted by Gasteiger charge is 2.30. The average molecular weight is 590 g/mol. The molecule has 3 heterocycles. The van der Waals surface area contributed by atoms with Gasteiger partial charge in [-0.25, -0.2) is 12.9 Å². The first-order chi connectivity index (χ1) is 19.6. The van der Waals surface area contributed by atoms with Crippen molar-refractivity contribution in [1.29, 1.82) is 0 Å². The fourth-order valence-corrected chi connectivity index (χ4v) is 6.75. The number of piperidine rings is 1. The first-order valence-electron chi connectivity index (χ1n) is 13.8. The van der Waals surface area contributed by atoms with E-state index < -0.39 is 20.7 Å². The van der Waals surface area contributed by atoms with E-state index >= 15 is 0 Å². The zero-order valence-electron chi connectivity index (χ0n) is 23.4. The minimum Gasteiger partial charge on any atom is -0.493 e. The number of aromatic amines is 1. The molecule has 41 heavy (non-hydrogen) atoms. The number of carbonyl (C=O) groups excluding carboxylic acids is 1. The van der Waals surface area contributed by atoms with Crippen LogP contribution in [0.1, 0.15) is 67.6 Å². The van der Waals surface area contributed by atoms with Gasteiger partial charge in [-0.15, -0.1) is 15.2 Å². The number of H-pyrrole nitrogens is 1. The summed E-state index contributed by atoms with van der Waals surface area (Å²) >= 11 is 0. The smallest absolute Gasteiger partial charge is 0.294 e. The van der Waals surface area contributed by atoms with Crippen LogP contribution >= 0.6 is 0 Å². The lowest BCUT2D eigenvalue weighted by molar-refractivity contribution is -0.758. The third-order valence-electron chi connectivity index (χ3n) is 7.39. The van der Waals surface area contributed by atoms with Crippen molar-refractivity contribution in [1.82, 2.24) is 18.9 Å². The standard InChI is InChI=1S/C27H35N5O8S/c1-4-6-23-22(17-33)18(3)25-27(34)28-26(29-31(23)25)21-16-20(7-8-24(21)39-14-5-2)41(37,38)30-12-9-19(10-13-30)11-15-40-32(35)36/h7-8,16-17,19H,4-6,9-15H2,1-3H3,(H,28,29,34). The Labute approximate surface area is 237 Å². The lowest BCUT2D eigenvalue weighted by Gasteiger charge is -2.31. The number of nitrogens with zero attached hydrogens (tertiary/aromatic N) is 4. The third kappa shape index (κ3) is 6.27. The summed E-state index contributed by atoms with van der Waals surface area (Å²) in [5, 5.41) is 14.2. The van der Waals surface area contributed by atoms with Crippen LogP contribution in [0.25, 0.3) is 16.9 Å². The van der Waals surface area contributed by atoms with E-state index in [2.05, 4.69) is 14.9 Å². The van der Waals surface area contributed by atoms with Gasteiger partial charge in [0.1, 0.15) is 11.3 Å². The van der Waals surface area contributed by atoms with Gasteiger partial charge in [-0.3, -0.25) is 9.59 Å². The second-order valence-corrected chi connectivity index (χ2v) is 12.1. The molecule has 1 aliphatic rings. The van der Waals surface area contributed by atoms with Gasteiger partial charge in [-0.05, 0) is 68.7 Å². The van der Waals surface area contributed by atoms with Gasteiger partial charge in [0.2, 0.25) is 10.0 Å². The molecule has 1 fully saturated rings. The molecule has 0 amide bonds. The van der Waals surface area contributed by atoms with Crippen LogP contribution in [-0.2, 0) is 21.3 Å². The monoisotopic (exact) mass is 589 g/mol. The van der Waals surface area contributed by atoms with Gasteiger partial charge >= 0.3 is 0 Å². The van der Waals surface area contributed by atoms with Crippen molar-refractivity contribution in [2.24, 2.45) is 5.92 Å². The summed E-state index contributed by atoms with van der Waals surface area (Å²) in [6.45, 7) is 6.51. The molecule has 0 radical (unpaired) electrons. The van der Waals surface area contributed by atoms with E-state index in [0.717, 1.165) is 12.7 Å². The number of hydrogen-bond acceptors (Lipinski definition) is 9. The third-order valence-corrected chi connectivity index (χ3v) is 9.29. The number of sulfonamides is 1. The number of hydrogen-bond donors (Lipinski definition) is 1. The molecule has 0 unspecified atom stereocenters. The fraction of sp³-hybridized carbons (Fsp3) is 0.519. The Morgan fingerprint density at radius 1 is 1.20 bits per heavy atom. The van der Waals surface area contributed by atoms with Crippen molar-refractivity contribution in [3.63, 3.8) is 0 Å². The van der Waals surface area contributed by atoms with Crippen molar-refractivity contribution in [2.45, 2.75) is 64.2 Å². The van der Waals surface area contributed by atoms with Crippen LogP contribution in [0.15, 0.2) is 27.9 Å². The highest BCUT2D eigenvalue weighted by molar-refractivity contribution is 7.89. The molecule has 3 aromatic rings. The Kier molecular flexibility index (Phi) is 9.43. The van der Waals surface area contributed by atoms with Crippen LogP contribution in [0.2, 0.25) is 0 Å². The quantitative estimate of drug-likeness (QED) is 0.178. The molecule has 1 N–H and O–H groups in total. The molecule has 0 spiro atoms. The van der Waals surface area contributed by atoms with E-state index in [9.17, 15) is 28.1 Å². The predicted molar refractivity (Wildman–Crippen MR) is 150 cm³/mol. The van der Waals surface area contributed by atoms with Crippen LogP contribution in [0.3, 0.4) is 0 Å². The van der Waals surface area contributed by atoms with E-state index in [1.165, 1.54) is 21.0 Å². The van der Waals surface area contributed by atoms with E-state index in [-0.39, 0.29) is 41.9 Å². The molecule has 0 atom stereocenters. The van der Waals surface area contributed by atoms with Gasteiger partial charge in [0, 0.05) is 18.7 Å². The number of aromatic nitrogens is 3. The summed E-state index contributed by atoms with van der Waals surface area (Å²) < 4.78 is 36.1. The highest BCUT2D eigenvalue weighted by Crippen LogP contribution is 2.33. The maximum Gasteiger partial charge on any atom is 0.294 e. The number of aryl methyl sites for hydroxylation is 2. The van der Waals surface area contributed by atoms with Crippen molar-refractivity contribution >= 4 is 21.8 Å². The summed E-state index contributed by atoms with van der Waals surface area (Å²) in [5.74, 6) is 0.621. The number of carbonyl (C=O) groups is 1. The predicted octanol–water partition coefficient (Wildman–Crippen LogP) is 3.55. The van der Waals surface area contributed by atoms with Gasteiger partial charge in [0.15, 0.2) is 12.1 Å². The number of fused-ring (bicyclic) bond motifs is 1. The van der Waals surface area contributed by atoms with Crippen LogP contribution in [0, 0.1) is 23.0 Å². The number of ether oxygens (including phenoxy) is 1. The molecule has 13 nitrogen and oxygen atoms in total. The normalized spacial score (nSPS) is 14.8. The molecule has 1 aromatic carbocycles. The van der Waals surface area contributed by atoms with E-state index in [1.807, 2.05) is 13.8 Å². The van der Waals surface area contributed by atoms with E-state index in [4.69, 9.17) is 4.74 Å². The van der Waals surface area contributed by atoms with Crippen LogP contribution in [0.5, 0.6) is 5.75 Å². The molecule has 222 valence electrons. The maximum absolute atomic E-state index is 13.6. The minimum atomic E-state index is -3.90. The van der Waals surface area contributed by atoms with Crippen LogP contribution in [-0.4, -0.2) is 65.0 Å². The summed E-state index contributed by atoms with van der Waals surface area (Å²) in [7, 11) is -3.90. The van der Waals surface area contributed by atoms with Gasteiger partial charge in [-0.1, -0.05) is 20.3 Å². The summed E-state index contributed by atoms with van der Waals surface area (Å²) in [5.41, 5.74) is 1.71. The van der Waals surface area contributed by atoms with E-state index in [1.54, 1.807) is 13.0 Å². The molecule has 0 aliphatic carbocycles. The van der Waals surface area contributed by atoms with Crippen LogP contribution in [0.4, 0.5) is 0 Å². The Morgan fingerprint density at radius 3 is 2.56 bits per heavy atom. The molecule has 1 aliphatic heterocycles. The van der Waals surface area contributed by atoms with Crippen LogP contribution < -0.4 is 10.3 Å². The molecule has 4 rings (SSSR count). The largest absolute Gasteiger partial charge is 0.493 e. The summed E-state index contributed by atoms with van der Waals surface area (Å²) in [4.78, 5) is 42.7. The number of aldehydes is 1. The molecule has 14 heteroatoms. The molecule has 1 saturated heterocycles. The SMILES string of the molecule is CCCOc1ccc(S(=O)(=O)N2CCC(CCO[N+](=O)[O-])CC2)cc1-c1nn2c(CCC)c(C=O)c(C)c2c(=O)[nH]1. The second kappa shape index (κ2) is 12.8. The topological polar surface area (TPSA) is 166 Å². The molecular formula is C27H35N5O8S. The Bertz CT molecular complexity index is 1590. The maximum atomic E-state index is 13.6. The first kappa shape index (κ1) is 30.2. The number of benzene rings is 1. The second-order valence-electron chi connectivity index (χ2n) is 10.1. The molecular weight excluding hydrogens is 554 g/mol. The van der Waals surface area contributed by atoms with Gasteiger partial charge in [0.05, 0.1) is 29.4 Å². The van der Waals surface area contributed by atoms with Crippen molar-refractivity contribution < 1.29 is 27.9 Å². The lowest BCUT2D eigenvalue weighted by Crippen LogP contribution is -2.38. The van der Waals surface area contributed by atoms with Gasteiger partial charge < -0.3 is 14.6 Å². The van der Waals surface area contributed by atoms with Crippen molar-refractivity contribution in [2.75, 3.05) is 26.3 Å². The summed E-state index contributed by atoms with van der Waals surface area (Å²) in [6.07, 6.45) is 4.30. The Balaban J connectivity index is 1.72. The van der Waals surface area contributed by atoms with Crippen molar-refractivity contribution in [3.8, 4) is 17.1 Å². The zero-order valence-corrected chi connectivity index (χ0v) is 24.2.